The monoisotopic (exact) mass is 287 g/mol. The molecule has 3 heteroatoms. The van der Waals surface area contributed by atoms with Crippen LogP contribution in [0.25, 0.3) is 0 Å². The summed E-state index contributed by atoms with van der Waals surface area (Å²) in [6.45, 7) is 2.66. The first kappa shape index (κ1) is 14.4. The maximum absolute atomic E-state index is 12.0. The molecule has 3 rings (SSSR count). The van der Waals surface area contributed by atoms with Crippen LogP contribution in [-0.2, 0) is 4.79 Å². The molecule has 1 aromatic carbocycles. The standard InChI is InChI=1S/C18H25NO2/c1-13-4-8-16(9-5-13)21-10-2-3-18(20)19-17-12-14-6-7-15(17)11-14/h4-5,8-9,14-15,17H,2-3,6-7,10-12H2,1H3,(H,19,20). The van der Waals surface area contributed by atoms with Gasteiger partial charge in [-0.3, -0.25) is 4.79 Å². The van der Waals surface area contributed by atoms with E-state index in [1.807, 2.05) is 24.3 Å². The molecule has 1 aromatic rings. The second kappa shape index (κ2) is 6.50. The van der Waals surface area contributed by atoms with Gasteiger partial charge < -0.3 is 10.1 Å². The molecule has 2 saturated carbocycles. The normalized spacial score (nSPS) is 26.8. The van der Waals surface area contributed by atoms with Crippen molar-refractivity contribution >= 4 is 5.91 Å². The van der Waals surface area contributed by atoms with Crippen molar-refractivity contribution in [1.29, 1.82) is 0 Å². The van der Waals surface area contributed by atoms with Crippen LogP contribution in [-0.4, -0.2) is 18.6 Å². The highest BCUT2D eigenvalue weighted by atomic mass is 16.5. The summed E-state index contributed by atoms with van der Waals surface area (Å²) < 4.78 is 5.65. The van der Waals surface area contributed by atoms with Crippen molar-refractivity contribution < 1.29 is 9.53 Å². The Labute approximate surface area is 127 Å². The molecule has 0 saturated heterocycles. The zero-order chi connectivity index (χ0) is 14.7. The minimum atomic E-state index is 0.194. The molecule has 0 spiro atoms. The molecule has 0 aromatic heterocycles. The van der Waals surface area contributed by atoms with Gasteiger partial charge in [-0.15, -0.1) is 0 Å². The predicted molar refractivity (Wildman–Crippen MR) is 83.3 cm³/mol. The number of benzene rings is 1. The molecule has 0 radical (unpaired) electrons. The quantitative estimate of drug-likeness (QED) is 0.814. The van der Waals surface area contributed by atoms with Gasteiger partial charge in [0.25, 0.3) is 0 Å². The molecule has 0 aliphatic heterocycles. The molecule has 2 bridgehead atoms. The highest BCUT2D eigenvalue weighted by Crippen LogP contribution is 2.44. The number of carbonyl (C=O) groups is 1. The molecule has 3 unspecified atom stereocenters. The molecule has 2 aliphatic rings. The Morgan fingerprint density at radius 1 is 1.24 bits per heavy atom. The number of hydrogen-bond donors (Lipinski definition) is 1. The number of carbonyl (C=O) groups excluding carboxylic acids is 1. The number of ether oxygens (including phenoxy) is 1. The predicted octanol–water partition coefficient (Wildman–Crippen LogP) is 3.46. The van der Waals surface area contributed by atoms with Gasteiger partial charge >= 0.3 is 0 Å². The van der Waals surface area contributed by atoms with E-state index in [1.165, 1.54) is 31.2 Å². The van der Waals surface area contributed by atoms with Gasteiger partial charge in [0.05, 0.1) is 6.61 Å². The first-order chi connectivity index (χ1) is 10.2. The van der Waals surface area contributed by atoms with Gasteiger partial charge in [0.15, 0.2) is 0 Å². The van der Waals surface area contributed by atoms with Gasteiger partial charge in [-0.05, 0) is 56.6 Å². The Kier molecular flexibility index (Phi) is 4.47. The van der Waals surface area contributed by atoms with Crippen LogP contribution in [0.4, 0.5) is 0 Å². The summed E-state index contributed by atoms with van der Waals surface area (Å²) in [5, 5.41) is 3.22. The number of nitrogens with one attached hydrogen (secondary N) is 1. The van der Waals surface area contributed by atoms with Crippen LogP contribution in [0.2, 0.25) is 0 Å². The number of fused-ring (bicyclic) bond motifs is 2. The van der Waals surface area contributed by atoms with E-state index in [0.717, 1.165) is 24.0 Å². The first-order valence-electron chi connectivity index (χ1n) is 8.19. The van der Waals surface area contributed by atoms with Crippen molar-refractivity contribution in [3.8, 4) is 5.75 Å². The van der Waals surface area contributed by atoms with Crippen LogP contribution in [0.3, 0.4) is 0 Å². The van der Waals surface area contributed by atoms with Crippen molar-refractivity contribution in [2.75, 3.05) is 6.61 Å². The largest absolute Gasteiger partial charge is 0.494 e. The molecular formula is C18H25NO2. The van der Waals surface area contributed by atoms with E-state index in [0.29, 0.717) is 19.1 Å². The Hall–Kier alpha value is -1.51. The molecule has 21 heavy (non-hydrogen) atoms. The lowest BCUT2D eigenvalue weighted by Crippen LogP contribution is -2.38. The summed E-state index contributed by atoms with van der Waals surface area (Å²) in [6, 6.07) is 8.48. The third-order valence-corrected chi connectivity index (χ3v) is 4.92. The van der Waals surface area contributed by atoms with Crippen molar-refractivity contribution in [1.82, 2.24) is 5.32 Å². The average molecular weight is 287 g/mol. The number of amides is 1. The number of rotatable bonds is 6. The molecule has 2 aliphatic carbocycles. The van der Waals surface area contributed by atoms with Crippen LogP contribution in [0.1, 0.15) is 44.1 Å². The third kappa shape index (κ3) is 3.78. The van der Waals surface area contributed by atoms with Crippen molar-refractivity contribution in [3.05, 3.63) is 29.8 Å². The Bertz CT molecular complexity index is 482. The van der Waals surface area contributed by atoms with Gasteiger partial charge in [-0.1, -0.05) is 24.1 Å². The minimum Gasteiger partial charge on any atom is -0.494 e. The molecular weight excluding hydrogens is 262 g/mol. The minimum absolute atomic E-state index is 0.194. The summed E-state index contributed by atoms with van der Waals surface area (Å²) in [4.78, 5) is 12.0. The number of hydrogen-bond acceptors (Lipinski definition) is 2. The Balaban J connectivity index is 1.32. The molecule has 3 nitrogen and oxygen atoms in total. The van der Waals surface area contributed by atoms with Crippen molar-refractivity contribution in [2.45, 2.75) is 51.5 Å². The van der Waals surface area contributed by atoms with E-state index in [1.54, 1.807) is 0 Å². The van der Waals surface area contributed by atoms with Gasteiger partial charge in [-0.25, -0.2) is 0 Å². The van der Waals surface area contributed by atoms with Gasteiger partial charge in [0.2, 0.25) is 5.91 Å². The summed E-state index contributed by atoms with van der Waals surface area (Å²) in [6.07, 6.45) is 6.58. The smallest absolute Gasteiger partial charge is 0.220 e. The average Bonchev–Trinajstić information content (AvgIpc) is 3.08. The number of aryl methyl sites for hydroxylation is 1. The SMILES string of the molecule is Cc1ccc(OCCCC(=O)NC2CC3CCC2C3)cc1. The van der Waals surface area contributed by atoms with E-state index in [4.69, 9.17) is 4.74 Å². The molecule has 3 atom stereocenters. The lowest BCUT2D eigenvalue weighted by molar-refractivity contribution is -0.122. The summed E-state index contributed by atoms with van der Waals surface area (Å²) in [7, 11) is 0. The first-order valence-corrected chi connectivity index (χ1v) is 8.19. The molecule has 0 heterocycles. The fourth-order valence-corrected chi connectivity index (χ4v) is 3.76. The topological polar surface area (TPSA) is 38.3 Å². The lowest BCUT2D eigenvalue weighted by atomic mass is 9.95. The summed E-state index contributed by atoms with van der Waals surface area (Å²) >= 11 is 0. The van der Waals surface area contributed by atoms with E-state index in [9.17, 15) is 4.79 Å². The lowest BCUT2D eigenvalue weighted by Gasteiger charge is -2.22. The van der Waals surface area contributed by atoms with Gasteiger partial charge in [0.1, 0.15) is 5.75 Å². The molecule has 1 N–H and O–H groups in total. The highest BCUT2D eigenvalue weighted by Gasteiger charge is 2.39. The zero-order valence-electron chi connectivity index (χ0n) is 12.8. The molecule has 114 valence electrons. The second-order valence-electron chi connectivity index (χ2n) is 6.61. The van der Waals surface area contributed by atoms with E-state index in [2.05, 4.69) is 12.2 Å². The maximum atomic E-state index is 12.0. The van der Waals surface area contributed by atoms with E-state index < -0.39 is 0 Å². The van der Waals surface area contributed by atoms with Crippen LogP contribution < -0.4 is 10.1 Å². The van der Waals surface area contributed by atoms with E-state index >= 15 is 0 Å². The third-order valence-electron chi connectivity index (χ3n) is 4.92. The Morgan fingerprint density at radius 2 is 2.05 bits per heavy atom. The fraction of sp³-hybridized carbons (Fsp3) is 0.611. The van der Waals surface area contributed by atoms with Crippen LogP contribution in [0.5, 0.6) is 5.75 Å². The van der Waals surface area contributed by atoms with Crippen molar-refractivity contribution in [2.24, 2.45) is 11.8 Å². The zero-order valence-corrected chi connectivity index (χ0v) is 12.8. The van der Waals surface area contributed by atoms with Gasteiger partial charge in [0, 0.05) is 12.5 Å². The molecule has 2 fully saturated rings. The van der Waals surface area contributed by atoms with Crippen LogP contribution >= 0.6 is 0 Å². The highest BCUT2D eigenvalue weighted by molar-refractivity contribution is 5.76. The van der Waals surface area contributed by atoms with Gasteiger partial charge in [-0.2, -0.15) is 0 Å². The molecule has 1 amide bonds. The Morgan fingerprint density at radius 3 is 2.71 bits per heavy atom. The van der Waals surface area contributed by atoms with Crippen LogP contribution in [0, 0.1) is 18.8 Å². The fourth-order valence-electron chi connectivity index (χ4n) is 3.76. The second-order valence-corrected chi connectivity index (χ2v) is 6.61. The summed E-state index contributed by atoms with van der Waals surface area (Å²) in [5.41, 5.74) is 1.23. The van der Waals surface area contributed by atoms with Crippen LogP contribution in [0.15, 0.2) is 24.3 Å². The maximum Gasteiger partial charge on any atom is 0.220 e. The van der Waals surface area contributed by atoms with E-state index in [-0.39, 0.29) is 5.91 Å². The van der Waals surface area contributed by atoms with Crippen molar-refractivity contribution in [3.63, 3.8) is 0 Å². The summed E-state index contributed by atoms with van der Waals surface area (Å²) in [5.74, 6) is 2.71.